The molecule has 2 N–H and O–H groups in total. The summed E-state index contributed by atoms with van der Waals surface area (Å²) < 4.78 is 10.1. The number of esters is 2. The zero-order chi connectivity index (χ0) is 37.5. The van der Waals surface area contributed by atoms with E-state index >= 15 is 0 Å². The number of aliphatic hydroxyl groups is 2. The standard InChI is InChI=1S/C44H62O6/c1-31(21-23-37-35(5)19-13-27-43(37,7)8)15-11-17-33(3)25-29-49-41(47)39(45)40(46)42(48)50-30-26-34(4)18-12-16-32(2)22-24-38-36(6)20-14-28-44(38,9)10/h11-12,15-18,21-26,39-40,45-46H,13-14,19-20,27-30H2,1-10H3/b17-11+,18-12+,23-21+,24-22+,31-15+,32-16+,33-25+,34-26+. The molecule has 0 saturated carbocycles. The summed E-state index contributed by atoms with van der Waals surface area (Å²) in [6, 6.07) is 0. The van der Waals surface area contributed by atoms with Crippen molar-refractivity contribution in [3.63, 3.8) is 0 Å². The Balaban J connectivity index is 1.78. The van der Waals surface area contributed by atoms with Gasteiger partial charge in [-0.15, -0.1) is 0 Å². The summed E-state index contributed by atoms with van der Waals surface area (Å²) in [5.74, 6) is -2.22. The molecular formula is C44H62O6. The van der Waals surface area contributed by atoms with Crippen LogP contribution in [0.4, 0.5) is 0 Å². The lowest BCUT2D eigenvalue weighted by atomic mass is 9.72. The molecule has 0 aromatic carbocycles. The number of ether oxygens (including phenoxy) is 2. The number of allylic oxidation sites excluding steroid dienone is 18. The van der Waals surface area contributed by atoms with Crippen molar-refractivity contribution < 1.29 is 29.3 Å². The molecule has 2 rings (SSSR count). The maximum absolute atomic E-state index is 12.2. The first-order valence-electron chi connectivity index (χ1n) is 17.9. The van der Waals surface area contributed by atoms with Crippen molar-refractivity contribution in [2.45, 2.75) is 120 Å². The van der Waals surface area contributed by atoms with E-state index in [4.69, 9.17) is 9.47 Å². The minimum absolute atomic E-state index is 0.119. The van der Waals surface area contributed by atoms with Crippen LogP contribution in [0.15, 0.2) is 117 Å². The van der Waals surface area contributed by atoms with Crippen molar-refractivity contribution in [2.75, 3.05) is 13.2 Å². The lowest BCUT2D eigenvalue weighted by molar-refractivity contribution is -0.171. The van der Waals surface area contributed by atoms with Crippen molar-refractivity contribution in [3.05, 3.63) is 117 Å². The molecule has 0 aromatic heterocycles. The van der Waals surface area contributed by atoms with Crippen LogP contribution in [0.1, 0.15) is 108 Å². The van der Waals surface area contributed by atoms with Gasteiger partial charge in [-0.05, 0) is 114 Å². The maximum atomic E-state index is 12.2. The second-order valence-corrected chi connectivity index (χ2v) is 15.1. The fourth-order valence-electron chi connectivity index (χ4n) is 6.34. The molecule has 6 nitrogen and oxygen atoms in total. The Bertz CT molecular complexity index is 1400. The summed E-state index contributed by atoms with van der Waals surface area (Å²) in [6.45, 7) is 21.2. The van der Waals surface area contributed by atoms with Crippen LogP contribution in [0.5, 0.6) is 0 Å². The van der Waals surface area contributed by atoms with Crippen molar-refractivity contribution in [1.82, 2.24) is 0 Å². The molecule has 2 unspecified atom stereocenters. The van der Waals surface area contributed by atoms with E-state index in [0.717, 1.165) is 35.1 Å². The van der Waals surface area contributed by atoms with Gasteiger partial charge in [0, 0.05) is 0 Å². The van der Waals surface area contributed by atoms with Gasteiger partial charge >= 0.3 is 11.9 Å². The zero-order valence-corrected chi connectivity index (χ0v) is 32.3. The smallest absolute Gasteiger partial charge is 0.338 e. The van der Waals surface area contributed by atoms with Gasteiger partial charge in [-0.2, -0.15) is 0 Å². The van der Waals surface area contributed by atoms with Crippen LogP contribution < -0.4 is 0 Å². The topological polar surface area (TPSA) is 93.1 Å². The number of aliphatic hydroxyl groups excluding tert-OH is 2. The Morgan fingerprint density at radius 2 is 1.00 bits per heavy atom. The predicted octanol–water partition coefficient (Wildman–Crippen LogP) is 9.86. The summed E-state index contributed by atoms with van der Waals surface area (Å²) in [5.41, 5.74) is 10.1. The first-order valence-corrected chi connectivity index (χ1v) is 17.9. The highest BCUT2D eigenvalue weighted by Crippen LogP contribution is 2.41. The molecule has 0 amide bonds. The Hall–Kier alpha value is -3.74. The Labute approximate surface area is 302 Å². The van der Waals surface area contributed by atoms with Gasteiger partial charge < -0.3 is 19.7 Å². The fraction of sp³-hybridized carbons (Fsp3) is 0.500. The zero-order valence-electron chi connectivity index (χ0n) is 32.3. The Morgan fingerprint density at radius 3 is 1.34 bits per heavy atom. The van der Waals surface area contributed by atoms with Crippen molar-refractivity contribution >= 4 is 11.9 Å². The molecular weight excluding hydrogens is 624 g/mol. The Kier molecular flexibility index (Phi) is 17.1. The van der Waals surface area contributed by atoms with Crippen LogP contribution in [0.2, 0.25) is 0 Å². The van der Waals surface area contributed by atoms with E-state index in [-0.39, 0.29) is 24.0 Å². The van der Waals surface area contributed by atoms with Crippen molar-refractivity contribution in [3.8, 4) is 0 Å². The molecule has 0 heterocycles. The van der Waals surface area contributed by atoms with Gasteiger partial charge in [-0.3, -0.25) is 0 Å². The number of carbonyl (C=O) groups excluding carboxylic acids is 2. The number of carbonyl (C=O) groups is 2. The molecule has 2 aliphatic carbocycles. The van der Waals surface area contributed by atoms with Crippen LogP contribution in [0, 0.1) is 10.8 Å². The molecule has 50 heavy (non-hydrogen) atoms. The van der Waals surface area contributed by atoms with E-state index < -0.39 is 24.1 Å². The summed E-state index contributed by atoms with van der Waals surface area (Å²) in [7, 11) is 0. The molecule has 6 heteroatoms. The third-order valence-electron chi connectivity index (χ3n) is 9.59. The van der Waals surface area contributed by atoms with Gasteiger partial charge in [0.1, 0.15) is 13.2 Å². The SMILES string of the molecule is CC1=C(/C=C/C(C)=C/C=C/C(C)=C/COC(=O)C(O)C(O)C(=O)OC/C=C(C)/C=C/C=C(C)/C=C/C2=C(C)CCCC2(C)C)C(C)(C)CCC1. The quantitative estimate of drug-likeness (QED) is 0.132. The monoisotopic (exact) mass is 686 g/mol. The second-order valence-electron chi connectivity index (χ2n) is 15.1. The van der Waals surface area contributed by atoms with Crippen LogP contribution >= 0.6 is 0 Å². The lowest BCUT2D eigenvalue weighted by Gasteiger charge is -2.33. The fourth-order valence-corrected chi connectivity index (χ4v) is 6.34. The Morgan fingerprint density at radius 1 is 0.640 bits per heavy atom. The van der Waals surface area contributed by atoms with Gasteiger partial charge in [0.25, 0.3) is 0 Å². The van der Waals surface area contributed by atoms with E-state index in [1.165, 1.54) is 48.0 Å². The van der Waals surface area contributed by atoms with Gasteiger partial charge in [-0.1, -0.05) is 122 Å². The van der Waals surface area contributed by atoms with E-state index in [0.29, 0.717) is 0 Å². The summed E-state index contributed by atoms with van der Waals surface area (Å²) in [6.07, 6.45) is 26.8. The number of hydrogen-bond acceptors (Lipinski definition) is 6. The van der Waals surface area contributed by atoms with E-state index in [9.17, 15) is 19.8 Å². The normalized spacial score (nSPS) is 20.8. The molecule has 0 saturated heterocycles. The number of rotatable bonds is 15. The highest BCUT2D eigenvalue weighted by atomic mass is 16.6. The van der Waals surface area contributed by atoms with Crippen molar-refractivity contribution in [2.24, 2.45) is 10.8 Å². The first-order chi connectivity index (χ1) is 23.4. The van der Waals surface area contributed by atoms with Gasteiger partial charge in [0.2, 0.25) is 0 Å². The number of hydrogen-bond donors (Lipinski definition) is 2. The minimum Gasteiger partial charge on any atom is -0.459 e. The summed E-state index contributed by atoms with van der Waals surface area (Å²) in [5, 5.41) is 20.3. The highest BCUT2D eigenvalue weighted by Gasteiger charge is 2.33. The van der Waals surface area contributed by atoms with Gasteiger partial charge in [-0.25, -0.2) is 9.59 Å². The third kappa shape index (κ3) is 14.2. The third-order valence-corrected chi connectivity index (χ3v) is 9.59. The van der Waals surface area contributed by atoms with Crippen LogP contribution in [-0.4, -0.2) is 47.6 Å². The van der Waals surface area contributed by atoms with Gasteiger partial charge in [0.05, 0.1) is 0 Å². The van der Waals surface area contributed by atoms with Gasteiger partial charge in [0.15, 0.2) is 12.2 Å². The first kappa shape index (κ1) is 42.4. The molecule has 0 aromatic rings. The largest absolute Gasteiger partial charge is 0.459 e. The van der Waals surface area contributed by atoms with Crippen molar-refractivity contribution in [1.29, 1.82) is 0 Å². The molecule has 0 radical (unpaired) electrons. The predicted molar refractivity (Wildman–Crippen MR) is 206 cm³/mol. The average Bonchev–Trinajstić information content (AvgIpc) is 3.02. The van der Waals surface area contributed by atoms with Crippen LogP contribution in [0.3, 0.4) is 0 Å². The molecule has 0 aliphatic heterocycles. The molecule has 2 atom stereocenters. The molecule has 0 bridgehead atoms. The molecule has 0 spiro atoms. The average molecular weight is 687 g/mol. The van der Waals surface area contributed by atoms with E-state index in [1.54, 1.807) is 12.2 Å². The summed E-state index contributed by atoms with van der Waals surface area (Å²) >= 11 is 0. The molecule has 0 fully saturated rings. The maximum Gasteiger partial charge on any atom is 0.338 e. The van der Waals surface area contributed by atoms with Crippen LogP contribution in [0.25, 0.3) is 0 Å². The molecule has 274 valence electrons. The summed E-state index contributed by atoms with van der Waals surface area (Å²) in [4.78, 5) is 24.5. The lowest BCUT2D eigenvalue weighted by Crippen LogP contribution is -2.41. The van der Waals surface area contributed by atoms with E-state index in [2.05, 4.69) is 79.7 Å². The highest BCUT2D eigenvalue weighted by molar-refractivity contribution is 5.85. The van der Waals surface area contributed by atoms with Crippen LogP contribution in [-0.2, 0) is 19.1 Å². The minimum atomic E-state index is -2.05. The molecule has 2 aliphatic rings. The second kappa shape index (κ2) is 20.2. The van der Waals surface area contributed by atoms with E-state index in [1.807, 2.05) is 50.3 Å².